The molecular weight excluding hydrogens is 286 g/mol. The summed E-state index contributed by atoms with van der Waals surface area (Å²) in [6, 6.07) is 13.0. The molecule has 2 aromatic rings. The Morgan fingerprint density at radius 2 is 1.91 bits per heavy atom. The molecule has 120 valence electrons. The average Bonchev–Trinajstić information content (AvgIpc) is 3.21. The van der Waals surface area contributed by atoms with E-state index in [1.54, 1.807) is 0 Å². The summed E-state index contributed by atoms with van der Waals surface area (Å²) in [6.45, 7) is 4.77. The first-order valence-corrected chi connectivity index (χ1v) is 8.33. The van der Waals surface area contributed by atoms with Gasteiger partial charge in [0, 0.05) is 43.5 Å². The second-order valence-corrected chi connectivity index (χ2v) is 6.95. The Labute approximate surface area is 137 Å². The Kier molecular flexibility index (Phi) is 3.49. The molecule has 2 saturated heterocycles. The Morgan fingerprint density at radius 1 is 1.13 bits per heavy atom. The predicted octanol–water partition coefficient (Wildman–Crippen LogP) is 2.70. The van der Waals surface area contributed by atoms with Crippen molar-refractivity contribution in [3.63, 3.8) is 0 Å². The van der Waals surface area contributed by atoms with Crippen LogP contribution in [0.3, 0.4) is 0 Å². The third-order valence-electron chi connectivity index (χ3n) is 5.51. The number of carbonyl (C=O) groups excluding carboxylic acids is 1. The van der Waals surface area contributed by atoms with Gasteiger partial charge in [0.15, 0.2) is 0 Å². The second kappa shape index (κ2) is 5.53. The number of likely N-dealkylation sites (tertiary alicyclic amines) is 2. The smallest absolute Gasteiger partial charge is 0.255 e. The van der Waals surface area contributed by atoms with E-state index in [1.807, 2.05) is 19.2 Å². The molecule has 1 N–H and O–H groups in total. The molecule has 2 aliphatic heterocycles. The highest BCUT2D eigenvalue weighted by molar-refractivity contribution is 5.95. The van der Waals surface area contributed by atoms with Crippen molar-refractivity contribution in [2.45, 2.75) is 13.0 Å². The summed E-state index contributed by atoms with van der Waals surface area (Å²) in [5.74, 6) is 1.28. The van der Waals surface area contributed by atoms with Crippen LogP contribution in [0.4, 0.5) is 0 Å². The number of rotatable bonds is 2. The zero-order valence-corrected chi connectivity index (χ0v) is 13.7. The van der Waals surface area contributed by atoms with Crippen molar-refractivity contribution in [2.75, 3.05) is 26.7 Å². The summed E-state index contributed by atoms with van der Waals surface area (Å²) < 4.78 is 0. The molecule has 3 heterocycles. The highest BCUT2D eigenvalue weighted by Gasteiger charge is 2.47. The number of hydrogen-bond acceptors (Lipinski definition) is 2. The highest BCUT2D eigenvalue weighted by atomic mass is 16.2. The van der Waals surface area contributed by atoms with E-state index in [0.717, 1.165) is 30.9 Å². The van der Waals surface area contributed by atoms with Crippen molar-refractivity contribution < 1.29 is 4.79 Å². The zero-order chi connectivity index (χ0) is 16.0. The standard InChI is InChI=1S/C19H23N3O/c1-13-16(8-9-20-13)19(23)22-11-15-10-21(2)18(17(15)12-22)14-6-4-3-5-7-14/h3-9,15,17-18,20H,10-12H2,1-2H3/t15-,17+,18+/m0/s1. The Hall–Kier alpha value is -2.07. The van der Waals surface area contributed by atoms with E-state index in [1.165, 1.54) is 5.56 Å². The van der Waals surface area contributed by atoms with Crippen LogP contribution in [-0.4, -0.2) is 47.4 Å². The highest BCUT2D eigenvalue weighted by Crippen LogP contribution is 2.44. The lowest BCUT2D eigenvalue weighted by atomic mass is 9.90. The number of fused-ring (bicyclic) bond motifs is 1. The topological polar surface area (TPSA) is 39.3 Å². The molecule has 0 aliphatic carbocycles. The van der Waals surface area contributed by atoms with Crippen molar-refractivity contribution in [3.05, 3.63) is 59.4 Å². The number of H-pyrrole nitrogens is 1. The molecular formula is C19H23N3O. The molecule has 0 saturated carbocycles. The molecule has 2 fully saturated rings. The Morgan fingerprint density at radius 3 is 2.61 bits per heavy atom. The van der Waals surface area contributed by atoms with Crippen molar-refractivity contribution in [1.82, 2.24) is 14.8 Å². The molecule has 4 heteroatoms. The van der Waals surface area contributed by atoms with Gasteiger partial charge in [-0.3, -0.25) is 9.69 Å². The number of nitrogens with zero attached hydrogens (tertiary/aromatic N) is 2. The molecule has 1 aromatic carbocycles. The molecule has 0 spiro atoms. The number of benzene rings is 1. The molecule has 4 rings (SSSR count). The molecule has 4 nitrogen and oxygen atoms in total. The molecule has 0 unspecified atom stereocenters. The summed E-state index contributed by atoms with van der Waals surface area (Å²) in [5, 5.41) is 0. The summed E-state index contributed by atoms with van der Waals surface area (Å²) >= 11 is 0. The van der Waals surface area contributed by atoms with Crippen LogP contribution in [0, 0.1) is 18.8 Å². The molecule has 3 atom stereocenters. The van der Waals surface area contributed by atoms with Crippen LogP contribution < -0.4 is 0 Å². The molecule has 1 amide bonds. The average molecular weight is 309 g/mol. The SMILES string of the molecule is Cc1[nH]ccc1C(=O)N1C[C@@H]2CN(C)[C@H](c3ccccc3)[C@@H]2C1. The Balaban J connectivity index is 1.56. The van der Waals surface area contributed by atoms with Gasteiger partial charge in [0.05, 0.1) is 5.56 Å². The van der Waals surface area contributed by atoms with Crippen LogP contribution in [0.25, 0.3) is 0 Å². The minimum Gasteiger partial charge on any atom is -0.365 e. The van der Waals surface area contributed by atoms with E-state index in [2.05, 4.69) is 52.2 Å². The number of aromatic amines is 1. The third kappa shape index (κ3) is 2.38. The fourth-order valence-corrected chi connectivity index (χ4v) is 4.43. The van der Waals surface area contributed by atoms with E-state index in [9.17, 15) is 4.79 Å². The first-order chi connectivity index (χ1) is 11.1. The summed E-state index contributed by atoms with van der Waals surface area (Å²) in [4.78, 5) is 20.4. The number of carbonyl (C=O) groups is 1. The van der Waals surface area contributed by atoms with Gasteiger partial charge in [-0.05, 0) is 31.5 Å². The fourth-order valence-electron chi connectivity index (χ4n) is 4.43. The van der Waals surface area contributed by atoms with E-state index in [-0.39, 0.29) is 5.91 Å². The maximum atomic E-state index is 12.8. The van der Waals surface area contributed by atoms with E-state index in [0.29, 0.717) is 17.9 Å². The van der Waals surface area contributed by atoms with Gasteiger partial charge in [0.1, 0.15) is 0 Å². The lowest BCUT2D eigenvalue weighted by molar-refractivity contribution is 0.0767. The normalized spacial score (nSPS) is 27.4. The van der Waals surface area contributed by atoms with Crippen molar-refractivity contribution in [2.24, 2.45) is 11.8 Å². The van der Waals surface area contributed by atoms with E-state index in [4.69, 9.17) is 0 Å². The van der Waals surface area contributed by atoms with Crippen LogP contribution in [0.15, 0.2) is 42.6 Å². The first-order valence-electron chi connectivity index (χ1n) is 8.33. The molecule has 1 aromatic heterocycles. The van der Waals surface area contributed by atoms with E-state index >= 15 is 0 Å². The second-order valence-electron chi connectivity index (χ2n) is 6.95. The minimum atomic E-state index is 0.174. The lowest BCUT2D eigenvalue weighted by Crippen LogP contribution is -2.33. The quantitative estimate of drug-likeness (QED) is 0.926. The van der Waals surface area contributed by atoms with Gasteiger partial charge < -0.3 is 9.88 Å². The van der Waals surface area contributed by atoms with Crippen LogP contribution in [0.1, 0.15) is 27.7 Å². The molecule has 0 radical (unpaired) electrons. The maximum Gasteiger partial charge on any atom is 0.255 e. The van der Waals surface area contributed by atoms with Gasteiger partial charge in [-0.25, -0.2) is 0 Å². The third-order valence-corrected chi connectivity index (χ3v) is 5.51. The monoisotopic (exact) mass is 309 g/mol. The van der Waals surface area contributed by atoms with Gasteiger partial charge in [0.2, 0.25) is 0 Å². The summed E-state index contributed by atoms with van der Waals surface area (Å²) in [5.41, 5.74) is 3.15. The summed E-state index contributed by atoms with van der Waals surface area (Å²) in [6.07, 6.45) is 1.85. The molecule has 0 bridgehead atoms. The first kappa shape index (κ1) is 14.5. The summed E-state index contributed by atoms with van der Waals surface area (Å²) in [7, 11) is 2.21. The van der Waals surface area contributed by atoms with Crippen LogP contribution in [0.5, 0.6) is 0 Å². The van der Waals surface area contributed by atoms with Crippen LogP contribution >= 0.6 is 0 Å². The predicted molar refractivity (Wildman–Crippen MR) is 90.2 cm³/mol. The number of aryl methyl sites for hydroxylation is 1. The number of hydrogen-bond donors (Lipinski definition) is 1. The fraction of sp³-hybridized carbons (Fsp3) is 0.421. The largest absolute Gasteiger partial charge is 0.365 e. The minimum absolute atomic E-state index is 0.174. The molecule has 2 aliphatic rings. The van der Waals surface area contributed by atoms with Gasteiger partial charge in [0.25, 0.3) is 5.91 Å². The number of amides is 1. The van der Waals surface area contributed by atoms with Crippen molar-refractivity contribution >= 4 is 5.91 Å². The number of aromatic nitrogens is 1. The van der Waals surface area contributed by atoms with Gasteiger partial charge in [-0.15, -0.1) is 0 Å². The van der Waals surface area contributed by atoms with Gasteiger partial charge in [-0.1, -0.05) is 30.3 Å². The van der Waals surface area contributed by atoms with Gasteiger partial charge in [-0.2, -0.15) is 0 Å². The van der Waals surface area contributed by atoms with Crippen LogP contribution in [-0.2, 0) is 0 Å². The van der Waals surface area contributed by atoms with Crippen molar-refractivity contribution in [1.29, 1.82) is 0 Å². The van der Waals surface area contributed by atoms with Gasteiger partial charge >= 0.3 is 0 Å². The van der Waals surface area contributed by atoms with Crippen molar-refractivity contribution in [3.8, 4) is 0 Å². The maximum absolute atomic E-state index is 12.8. The van der Waals surface area contributed by atoms with Crippen LogP contribution in [0.2, 0.25) is 0 Å². The zero-order valence-electron chi connectivity index (χ0n) is 13.7. The number of nitrogens with one attached hydrogen (secondary N) is 1. The lowest BCUT2D eigenvalue weighted by Gasteiger charge is -2.27. The Bertz CT molecular complexity index is 708. The van der Waals surface area contributed by atoms with E-state index < -0.39 is 0 Å². The molecule has 23 heavy (non-hydrogen) atoms.